The molecule has 0 unspecified atom stereocenters. The summed E-state index contributed by atoms with van der Waals surface area (Å²) >= 11 is 1.36. The van der Waals surface area contributed by atoms with E-state index in [1.165, 1.54) is 21.9 Å². The fraction of sp³-hybridized carbons (Fsp3) is 0.636. The van der Waals surface area contributed by atoms with E-state index < -0.39 is 16.0 Å². The number of nitrogens with zero attached hydrogens (tertiary/aromatic N) is 3. The lowest BCUT2D eigenvalue weighted by molar-refractivity contribution is 0.0520. The van der Waals surface area contributed by atoms with Crippen LogP contribution in [-0.4, -0.2) is 62.7 Å². The van der Waals surface area contributed by atoms with E-state index in [9.17, 15) is 13.2 Å². The van der Waals surface area contributed by atoms with E-state index in [1.54, 1.807) is 12.3 Å². The summed E-state index contributed by atoms with van der Waals surface area (Å²) in [5, 5.41) is 2.39. The fourth-order valence-corrected chi connectivity index (χ4v) is 3.59. The number of anilines is 1. The number of sulfonamides is 1. The topological polar surface area (TPSA) is 79.8 Å². The van der Waals surface area contributed by atoms with Gasteiger partial charge in [0.25, 0.3) is 0 Å². The lowest BCUT2D eigenvalue weighted by Crippen LogP contribution is -2.48. The summed E-state index contributed by atoms with van der Waals surface area (Å²) in [5.41, 5.74) is 0.303. The van der Waals surface area contributed by atoms with Crippen molar-refractivity contribution in [3.8, 4) is 0 Å². The summed E-state index contributed by atoms with van der Waals surface area (Å²) in [4.78, 5) is 17.8. The van der Waals surface area contributed by atoms with Crippen molar-refractivity contribution in [2.75, 3.05) is 43.9 Å². The average Bonchev–Trinajstić information content (AvgIpc) is 2.88. The van der Waals surface area contributed by atoms with E-state index in [0.29, 0.717) is 38.5 Å². The van der Waals surface area contributed by atoms with Crippen LogP contribution in [0.4, 0.5) is 5.13 Å². The maximum atomic E-state index is 11.5. The van der Waals surface area contributed by atoms with Gasteiger partial charge in [-0.15, -0.1) is 11.3 Å². The molecule has 0 saturated carbocycles. The zero-order chi connectivity index (χ0) is 14.8. The van der Waals surface area contributed by atoms with Gasteiger partial charge in [0.05, 0.1) is 12.9 Å². The van der Waals surface area contributed by atoms with Gasteiger partial charge in [-0.1, -0.05) is 0 Å². The number of hydrogen-bond acceptors (Lipinski definition) is 7. The molecule has 112 valence electrons. The Morgan fingerprint density at radius 3 is 2.60 bits per heavy atom. The number of piperazine rings is 1. The Balaban J connectivity index is 1.99. The molecule has 9 heteroatoms. The Kier molecular flexibility index (Phi) is 4.61. The number of thiazole rings is 1. The average molecular weight is 319 g/mol. The van der Waals surface area contributed by atoms with Crippen molar-refractivity contribution in [1.29, 1.82) is 0 Å². The Hall–Kier alpha value is -1.19. The highest BCUT2D eigenvalue weighted by Crippen LogP contribution is 2.22. The molecule has 1 aromatic rings. The number of aromatic nitrogens is 1. The standard InChI is InChI=1S/C11H17N3O4S2/c1-3-18-10(15)9-8-19-11(12-9)13-4-6-14(7-5-13)20(2,16)17/h8H,3-7H2,1-2H3. The predicted octanol–water partition coefficient (Wildman–Crippen LogP) is 0.401. The minimum absolute atomic E-state index is 0.303. The minimum atomic E-state index is -3.13. The van der Waals surface area contributed by atoms with E-state index >= 15 is 0 Å². The van der Waals surface area contributed by atoms with Gasteiger partial charge in [-0.05, 0) is 6.92 Å². The Labute approximate surface area is 122 Å². The molecule has 0 bridgehead atoms. The largest absolute Gasteiger partial charge is 0.461 e. The fourth-order valence-electron chi connectivity index (χ4n) is 1.92. The van der Waals surface area contributed by atoms with Gasteiger partial charge in [0, 0.05) is 31.6 Å². The zero-order valence-electron chi connectivity index (χ0n) is 11.4. The van der Waals surface area contributed by atoms with E-state index in [4.69, 9.17) is 4.74 Å². The number of carbonyl (C=O) groups excluding carboxylic acids is 1. The molecule has 0 spiro atoms. The first kappa shape index (κ1) is 15.2. The first-order valence-corrected chi connectivity index (χ1v) is 8.97. The van der Waals surface area contributed by atoms with Crippen molar-refractivity contribution in [3.05, 3.63) is 11.1 Å². The molecule has 0 N–H and O–H groups in total. The molecule has 2 heterocycles. The third-order valence-corrected chi connectivity index (χ3v) is 5.16. The molecule has 20 heavy (non-hydrogen) atoms. The van der Waals surface area contributed by atoms with Gasteiger partial charge in [0.2, 0.25) is 10.0 Å². The molecule has 2 rings (SSSR count). The molecule has 0 radical (unpaired) electrons. The second-order valence-electron chi connectivity index (χ2n) is 4.38. The van der Waals surface area contributed by atoms with Crippen LogP contribution in [0, 0.1) is 0 Å². The molecule has 1 aromatic heterocycles. The number of hydrogen-bond donors (Lipinski definition) is 0. The van der Waals surface area contributed by atoms with Gasteiger partial charge in [0.15, 0.2) is 10.8 Å². The van der Waals surface area contributed by atoms with E-state index in [0.717, 1.165) is 5.13 Å². The monoisotopic (exact) mass is 319 g/mol. The molecular formula is C11H17N3O4S2. The second-order valence-corrected chi connectivity index (χ2v) is 7.20. The molecule has 0 atom stereocenters. The molecule has 1 aliphatic heterocycles. The highest BCUT2D eigenvalue weighted by Gasteiger charge is 2.25. The molecule has 1 saturated heterocycles. The number of esters is 1. The number of carbonyl (C=O) groups is 1. The third kappa shape index (κ3) is 3.47. The number of rotatable bonds is 4. The van der Waals surface area contributed by atoms with Crippen LogP contribution in [0.2, 0.25) is 0 Å². The van der Waals surface area contributed by atoms with Crippen LogP contribution in [0.3, 0.4) is 0 Å². The first-order valence-electron chi connectivity index (χ1n) is 6.24. The highest BCUT2D eigenvalue weighted by atomic mass is 32.2. The van der Waals surface area contributed by atoms with Crippen LogP contribution >= 0.6 is 11.3 Å². The third-order valence-electron chi connectivity index (χ3n) is 2.95. The molecular weight excluding hydrogens is 302 g/mol. The lowest BCUT2D eigenvalue weighted by atomic mass is 10.4. The summed E-state index contributed by atoms with van der Waals surface area (Å²) < 4.78 is 29.2. The van der Waals surface area contributed by atoms with Crippen LogP contribution in [0.25, 0.3) is 0 Å². The number of ether oxygens (including phenoxy) is 1. The summed E-state index contributed by atoms with van der Waals surface area (Å²) in [6.45, 7) is 4.08. The van der Waals surface area contributed by atoms with Crippen molar-refractivity contribution in [2.24, 2.45) is 0 Å². The quantitative estimate of drug-likeness (QED) is 0.748. The predicted molar refractivity (Wildman–Crippen MR) is 76.7 cm³/mol. The summed E-state index contributed by atoms with van der Waals surface area (Å²) in [6, 6.07) is 0. The molecule has 1 fully saturated rings. The van der Waals surface area contributed by atoms with Crippen LogP contribution in [0.15, 0.2) is 5.38 Å². The molecule has 0 aliphatic carbocycles. The second kappa shape index (κ2) is 6.06. The van der Waals surface area contributed by atoms with Crippen molar-refractivity contribution in [2.45, 2.75) is 6.92 Å². The molecule has 7 nitrogen and oxygen atoms in total. The van der Waals surface area contributed by atoms with E-state index in [2.05, 4.69) is 4.98 Å². The van der Waals surface area contributed by atoms with Gasteiger partial charge >= 0.3 is 5.97 Å². The van der Waals surface area contributed by atoms with Gasteiger partial charge in [-0.3, -0.25) is 0 Å². The summed E-state index contributed by atoms with van der Waals surface area (Å²) in [6.07, 6.45) is 1.21. The van der Waals surface area contributed by atoms with E-state index in [-0.39, 0.29) is 0 Å². The SMILES string of the molecule is CCOC(=O)c1csc(N2CCN(S(C)(=O)=O)CC2)n1. The van der Waals surface area contributed by atoms with Crippen LogP contribution in [-0.2, 0) is 14.8 Å². The summed E-state index contributed by atoms with van der Waals surface area (Å²) in [5.74, 6) is -0.426. The smallest absolute Gasteiger partial charge is 0.357 e. The zero-order valence-corrected chi connectivity index (χ0v) is 13.0. The van der Waals surface area contributed by atoms with Crippen molar-refractivity contribution in [1.82, 2.24) is 9.29 Å². The molecule has 1 aliphatic rings. The Morgan fingerprint density at radius 2 is 2.05 bits per heavy atom. The first-order chi connectivity index (χ1) is 9.41. The van der Waals surface area contributed by atoms with Crippen LogP contribution in [0.1, 0.15) is 17.4 Å². The maximum Gasteiger partial charge on any atom is 0.357 e. The van der Waals surface area contributed by atoms with Gasteiger partial charge < -0.3 is 9.64 Å². The maximum absolute atomic E-state index is 11.5. The van der Waals surface area contributed by atoms with Crippen molar-refractivity contribution in [3.63, 3.8) is 0 Å². The van der Waals surface area contributed by atoms with Crippen molar-refractivity contribution >= 4 is 32.5 Å². The van der Waals surface area contributed by atoms with Gasteiger partial charge in [-0.25, -0.2) is 18.2 Å². The normalized spacial score (nSPS) is 17.2. The van der Waals surface area contributed by atoms with Gasteiger partial charge in [-0.2, -0.15) is 4.31 Å². The van der Waals surface area contributed by atoms with E-state index in [1.807, 2.05) is 4.90 Å². The summed E-state index contributed by atoms with van der Waals surface area (Å²) in [7, 11) is -3.13. The Bertz CT molecular complexity index is 576. The highest BCUT2D eigenvalue weighted by molar-refractivity contribution is 7.88. The minimum Gasteiger partial charge on any atom is -0.461 e. The molecule has 0 aromatic carbocycles. The van der Waals surface area contributed by atoms with Gasteiger partial charge in [0.1, 0.15) is 0 Å². The lowest BCUT2D eigenvalue weighted by Gasteiger charge is -2.32. The van der Waals surface area contributed by atoms with Crippen LogP contribution in [0.5, 0.6) is 0 Å². The Morgan fingerprint density at radius 1 is 1.40 bits per heavy atom. The molecule has 0 amide bonds. The van der Waals surface area contributed by atoms with Crippen LogP contribution < -0.4 is 4.90 Å². The van der Waals surface area contributed by atoms with Crippen molar-refractivity contribution < 1.29 is 17.9 Å².